The van der Waals surface area contributed by atoms with Crippen molar-refractivity contribution in [2.45, 2.75) is 26.2 Å². The van der Waals surface area contributed by atoms with Crippen LogP contribution in [0, 0.1) is 6.92 Å². The minimum Gasteiger partial charge on any atom is -0.358 e. The molecular weight excluding hydrogens is 182 g/mol. The fourth-order valence-corrected chi connectivity index (χ4v) is 2.21. The van der Waals surface area contributed by atoms with Crippen molar-refractivity contribution in [3.8, 4) is 0 Å². The van der Waals surface area contributed by atoms with Crippen LogP contribution in [0.25, 0.3) is 10.9 Å². The molecule has 1 aromatic carbocycles. The van der Waals surface area contributed by atoms with Crippen molar-refractivity contribution in [2.24, 2.45) is 0 Å². The number of benzene rings is 1. The van der Waals surface area contributed by atoms with E-state index in [2.05, 4.69) is 56.6 Å². The van der Waals surface area contributed by atoms with Crippen LogP contribution < -0.4 is 0 Å². The van der Waals surface area contributed by atoms with Gasteiger partial charge >= 0.3 is 0 Å². The van der Waals surface area contributed by atoms with E-state index in [-0.39, 0.29) is 5.41 Å². The molecule has 0 aliphatic carbocycles. The molecule has 0 saturated carbocycles. The molecule has 1 heteroatoms. The molecule has 0 atom stereocenters. The second kappa shape index (κ2) is 3.27. The Morgan fingerprint density at radius 1 is 1.27 bits per heavy atom. The molecule has 0 radical (unpaired) electrons. The molecule has 2 rings (SSSR count). The second-order valence-electron chi connectivity index (χ2n) is 4.60. The Hall–Kier alpha value is -1.50. The summed E-state index contributed by atoms with van der Waals surface area (Å²) in [7, 11) is 0. The van der Waals surface area contributed by atoms with Crippen molar-refractivity contribution in [1.82, 2.24) is 4.98 Å². The maximum Gasteiger partial charge on any atom is 0.0459 e. The summed E-state index contributed by atoms with van der Waals surface area (Å²) in [6, 6.07) is 8.42. The summed E-state index contributed by atoms with van der Waals surface area (Å²) in [5.74, 6) is 0. The van der Waals surface area contributed by atoms with Gasteiger partial charge in [-0.3, -0.25) is 0 Å². The maximum absolute atomic E-state index is 3.92. The molecule has 2 aromatic rings. The minimum atomic E-state index is 0.0175. The van der Waals surface area contributed by atoms with Crippen LogP contribution in [0.4, 0.5) is 0 Å². The van der Waals surface area contributed by atoms with Gasteiger partial charge in [-0.1, -0.05) is 38.1 Å². The van der Waals surface area contributed by atoms with Gasteiger partial charge < -0.3 is 4.98 Å². The summed E-state index contributed by atoms with van der Waals surface area (Å²) in [6.07, 6.45) is 2.01. The molecule has 0 aliphatic heterocycles. The van der Waals surface area contributed by atoms with Gasteiger partial charge in [0.2, 0.25) is 0 Å². The van der Waals surface area contributed by atoms with E-state index in [1.54, 1.807) is 0 Å². The van der Waals surface area contributed by atoms with Crippen molar-refractivity contribution >= 4 is 10.9 Å². The van der Waals surface area contributed by atoms with Gasteiger partial charge in [0.15, 0.2) is 0 Å². The molecule has 1 N–H and O–H groups in total. The van der Waals surface area contributed by atoms with E-state index >= 15 is 0 Å². The van der Waals surface area contributed by atoms with Crippen LogP contribution in [0.5, 0.6) is 0 Å². The molecule has 1 nitrogen and oxygen atoms in total. The Kier molecular flexibility index (Phi) is 2.18. The Morgan fingerprint density at radius 3 is 2.60 bits per heavy atom. The molecule has 15 heavy (non-hydrogen) atoms. The van der Waals surface area contributed by atoms with E-state index < -0.39 is 0 Å². The summed E-state index contributed by atoms with van der Waals surface area (Å²) < 4.78 is 0. The number of nitrogens with one attached hydrogen (secondary N) is 1. The number of hydrogen-bond donors (Lipinski definition) is 1. The molecule has 0 unspecified atom stereocenters. The van der Waals surface area contributed by atoms with Crippen molar-refractivity contribution < 1.29 is 0 Å². The Morgan fingerprint density at radius 2 is 1.93 bits per heavy atom. The van der Waals surface area contributed by atoms with E-state index in [0.717, 1.165) is 0 Å². The third-order valence-corrected chi connectivity index (χ3v) is 3.05. The second-order valence-corrected chi connectivity index (χ2v) is 4.60. The molecule has 0 amide bonds. The van der Waals surface area contributed by atoms with Crippen molar-refractivity contribution in [1.29, 1.82) is 0 Å². The Bertz CT molecular complexity index is 503. The third-order valence-electron chi connectivity index (χ3n) is 3.05. The monoisotopic (exact) mass is 199 g/mol. The number of H-pyrrole nitrogens is 1. The average Bonchev–Trinajstić information content (AvgIpc) is 2.54. The molecule has 1 aromatic heterocycles. The van der Waals surface area contributed by atoms with Crippen molar-refractivity contribution in [3.63, 3.8) is 0 Å². The lowest BCUT2D eigenvalue weighted by molar-refractivity contribution is 0.672. The lowest BCUT2D eigenvalue weighted by atomic mass is 9.83. The fourth-order valence-electron chi connectivity index (χ4n) is 2.21. The standard InChI is InChI=1S/C14H17N/c1-5-14(3,4)13-10(2)15-12-9-7-6-8-11(12)13/h5-9,15H,1H2,2-4H3. The summed E-state index contributed by atoms with van der Waals surface area (Å²) in [5, 5.41) is 1.31. The fraction of sp³-hybridized carbons (Fsp3) is 0.286. The zero-order valence-corrected chi connectivity index (χ0v) is 9.59. The van der Waals surface area contributed by atoms with E-state index in [1.807, 2.05) is 6.08 Å². The molecular formula is C14H17N. The largest absolute Gasteiger partial charge is 0.358 e. The lowest BCUT2D eigenvalue weighted by Crippen LogP contribution is -2.13. The van der Waals surface area contributed by atoms with E-state index in [4.69, 9.17) is 0 Å². The number of rotatable bonds is 2. The predicted octanol–water partition coefficient (Wildman–Crippen LogP) is 3.94. The lowest BCUT2D eigenvalue weighted by Gasteiger charge is -2.20. The summed E-state index contributed by atoms with van der Waals surface area (Å²) >= 11 is 0. The number of aromatic amines is 1. The molecule has 0 fully saturated rings. The molecule has 0 spiro atoms. The van der Waals surface area contributed by atoms with Crippen molar-refractivity contribution in [2.75, 3.05) is 0 Å². The molecule has 0 bridgehead atoms. The average molecular weight is 199 g/mol. The maximum atomic E-state index is 3.92. The van der Waals surface area contributed by atoms with Crippen LogP contribution in [0.15, 0.2) is 36.9 Å². The smallest absolute Gasteiger partial charge is 0.0459 e. The molecule has 78 valence electrons. The first-order chi connectivity index (χ1) is 7.06. The van der Waals surface area contributed by atoms with Crippen molar-refractivity contribution in [3.05, 3.63) is 48.2 Å². The molecule has 0 aliphatic rings. The van der Waals surface area contributed by atoms with E-state index in [9.17, 15) is 0 Å². The third kappa shape index (κ3) is 1.48. The van der Waals surface area contributed by atoms with Gasteiger partial charge in [0, 0.05) is 22.0 Å². The normalized spacial score (nSPS) is 11.9. The SMILES string of the molecule is C=CC(C)(C)c1c(C)[nH]c2ccccc12. The first-order valence-corrected chi connectivity index (χ1v) is 5.27. The number of aryl methyl sites for hydroxylation is 1. The number of hydrogen-bond acceptors (Lipinski definition) is 0. The Balaban J connectivity index is 2.80. The summed E-state index contributed by atoms with van der Waals surface area (Å²) in [6.45, 7) is 10.4. The van der Waals surface area contributed by atoms with Crippen LogP contribution in [-0.2, 0) is 5.41 Å². The number of fused-ring (bicyclic) bond motifs is 1. The highest BCUT2D eigenvalue weighted by molar-refractivity contribution is 5.86. The number of para-hydroxylation sites is 1. The van der Waals surface area contributed by atoms with Crippen LogP contribution in [0.3, 0.4) is 0 Å². The van der Waals surface area contributed by atoms with Gasteiger partial charge in [-0.2, -0.15) is 0 Å². The van der Waals surface area contributed by atoms with Gasteiger partial charge in [0.1, 0.15) is 0 Å². The summed E-state index contributed by atoms with van der Waals surface area (Å²) in [4.78, 5) is 3.42. The highest BCUT2D eigenvalue weighted by Gasteiger charge is 2.22. The number of allylic oxidation sites excluding steroid dienone is 1. The van der Waals surface area contributed by atoms with E-state index in [1.165, 1.54) is 22.2 Å². The quantitative estimate of drug-likeness (QED) is 0.705. The first-order valence-electron chi connectivity index (χ1n) is 5.27. The van der Waals surface area contributed by atoms with Crippen LogP contribution in [0.2, 0.25) is 0 Å². The van der Waals surface area contributed by atoms with E-state index in [0.29, 0.717) is 0 Å². The highest BCUT2D eigenvalue weighted by Crippen LogP contribution is 2.33. The molecule has 1 heterocycles. The summed E-state index contributed by atoms with van der Waals surface area (Å²) in [5.41, 5.74) is 3.82. The zero-order valence-electron chi connectivity index (χ0n) is 9.59. The molecule has 0 saturated heterocycles. The van der Waals surface area contributed by atoms with Gasteiger partial charge in [0.05, 0.1) is 0 Å². The zero-order chi connectivity index (χ0) is 11.1. The minimum absolute atomic E-state index is 0.0175. The van der Waals surface area contributed by atoms with Crippen LogP contribution in [-0.4, -0.2) is 4.98 Å². The number of aromatic nitrogens is 1. The van der Waals surface area contributed by atoms with Gasteiger partial charge in [-0.25, -0.2) is 0 Å². The predicted molar refractivity (Wildman–Crippen MR) is 66.3 cm³/mol. The van der Waals surface area contributed by atoms with Gasteiger partial charge in [-0.15, -0.1) is 6.58 Å². The van der Waals surface area contributed by atoms with Crippen LogP contribution >= 0.6 is 0 Å². The van der Waals surface area contributed by atoms with Gasteiger partial charge in [-0.05, 0) is 18.6 Å². The first kappa shape index (κ1) is 10.0. The van der Waals surface area contributed by atoms with Gasteiger partial charge in [0.25, 0.3) is 0 Å². The van der Waals surface area contributed by atoms with Crippen LogP contribution in [0.1, 0.15) is 25.1 Å². The topological polar surface area (TPSA) is 15.8 Å². The Labute approximate surface area is 90.8 Å². The highest BCUT2D eigenvalue weighted by atomic mass is 14.7.